The Hall–Kier alpha value is -3.95. The predicted molar refractivity (Wildman–Crippen MR) is 125 cm³/mol. The molecule has 0 fully saturated rings. The second-order valence-corrected chi connectivity index (χ2v) is 7.73. The molecule has 1 aromatic heterocycles. The monoisotopic (exact) mass is 440 g/mol. The number of nitrogens with one attached hydrogen (secondary N) is 2. The van der Waals surface area contributed by atoms with E-state index >= 15 is 0 Å². The van der Waals surface area contributed by atoms with Gasteiger partial charge in [-0.05, 0) is 40.9 Å². The van der Waals surface area contributed by atoms with E-state index in [-0.39, 0.29) is 11.9 Å². The largest absolute Gasteiger partial charge is 0.491 e. The maximum atomic E-state index is 13.2. The first kappa shape index (κ1) is 20.9. The van der Waals surface area contributed by atoms with Crippen molar-refractivity contribution in [2.24, 2.45) is 0 Å². The van der Waals surface area contributed by atoms with Crippen molar-refractivity contribution in [2.45, 2.75) is 19.1 Å². The number of carbonyl (C=O) groups excluding carboxylic acids is 1. The fourth-order valence-corrected chi connectivity index (χ4v) is 3.71. The van der Waals surface area contributed by atoms with Gasteiger partial charge in [0.05, 0.1) is 6.61 Å². The van der Waals surface area contributed by atoms with Crippen LogP contribution < -0.4 is 16.1 Å². The summed E-state index contributed by atoms with van der Waals surface area (Å²) in [5.41, 5.74) is 3.90. The van der Waals surface area contributed by atoms with Gasteiger partial charge in [0.1, 0.15) is 6.04 Å². The zero-order valence-electron chi connectivity index (χ0n) is 17.6. The lowest BCUT2D eigenvalue weighted by molar-refractivity contribution is -0.116. The minimum atomic E-state index is -0.982. The van der Waals surface area contributed by atoms with Crippen LogP contribution in [0.3, 0.4) is 0 Å². The number of nitrogens with zero attached hydrogens (tertiary/aromatic N) is 2. The van der Waals surface area contributed by atoms with Crippen molar-refractivity contribution in [1.29, 1.82) is 0 Å². The van der Waals surface area contributed by atoms with Crippen LogP contribution in [0.25, 0.3) is 11.5 Å². The number of rotatable bonds is 7. The fraction of sp³-hybridized carbons (Fsp3) is 0.125. The molecule has 33 heavy (non-hydrogen) atoms. The highest BCUT2D eigenvalue weighted by Crippen LogP contribution is 2.21. The van der Waals surface area contributed by atoms with Crippen LogP contribution in [0, 0.1) is 0 Å². The molecular formula is C24H21BN4O4. The van der Waals surface area contributed by atoms with Gasteiger partial charge in [0.25, 0.3) is 0 Å². The predicted octanol–water partition coefficient (Wildman–Crippen LogP) is 2.62. The Morgan fingerprint density at radius 3 is 2.58 bits per heavy atom. The second-order valence-electron chi connectivity index (χ2n) is 7.73. The summed E-state index contributed by atoms with van der Waals surface area (Å²) in [7, 11) is -0.982. The third-order valence-corrected chi connectivity index (χ3v) is 5.42. The van der Waals surface area contributed by atoms with Gasteiger partial charge in [-0.3, -0.25) is 4.79 Å². The number of hydrogen-bond acceptors (Lipinski definition) is 7. The normalized spacial score (nSPS) is 13.4. The van der Waals surface area contributed by atoms with Gasteiger partial charge in [-0.1, -0.05) is 59.7 Å². The van der Waals surface area contributed by atoms with Crippen molar-refractivity contribution in [3.8, 4) is 11.5 Å². The van der Waals surface area contributed by atoms with E-state index in [2.05, 4.69) is 20.8 Å². The molecule has 0 saturated carbocycles. The molecule has 9 heteroatoms. The maximum absolute atomic E-state index is 13.2. The first-order valence-electron chi connectivity index (χ1n) is 10.6. The Morgan fingerprint density at radius 1 is 1.03 bits per heavy atom. The van der Waals surface area contributed by atoms with E-state index in [0.717, 1.165) is 16.7 Å². The third kappa shape index (κ3) is 4.79. The summed E-state index contributed by atoms with van der Waals surface area (Å²) in [6, 6.07) is 23.9. The van der Waals surface area contributed by atoms with E-state index in [9.17, 15) is 9.82 Å². The van der Waals surface area contributed by atoms with Crippen LogP contribution in [-0.2, 0) is 22.5 Å². The van der Waals surface area contributed by atoms with E-state index in [0.29, 0.717) is 30.1 Å². The minimum absolute atomic E-state index is 0.155. The molecule has 4 aromatic rings. The average Bonchev–Trinajstić information content (AvgIpc) is 3.47. The number of benzene rings is 3. The summed E-state index contributed by atoms with van der Waals surface area (Å²) in [5, 5.41) is 24.1. The molecule has 0 unspecified atom stereocenters. The molecular weight excluding hydrogens is 419 g/mol. The lowest BCUT2D eigenvalue weighted by atomic mass is 9.79. The van der Waals surface area contributed by atoms with Gasteiger partial charge in [-0.2, -0.15) is 0 Å². The molecule has 0 aliphatic carbocycles. The van der Waals surface area contributed by atoms with Crippen LogP contribution >= 0.6 is 0 Å². The van der Waals surface area contributed by atoms with Crippen molar-refractivity contribution in [2.75, 3.05) is 10.6 Å². The molecule has 2 heterocycles. The van der Waals surface area contributed by atoms with Crippen LogP contribution in [0.2, 0.25) is 0 Å². The van der Waals surface area contributed by atoms with Crippen molar-refractivity contribution >= 4 is 30.2 Å². The zero-order chi connectivity index (χ0) is 22.6. The summed E-state index contributed by atoms with van der Waals surface area (Å²) in [4.78, 5) is 13.2. The summed E-state index contributed by atoms with van der Waals surface area (Å²) < 4.78 is 11.0. The molecule has 5 rings (SSSR count). The van der Waals surface area contributed by atoms with Crippen molar-refractivity contribution < 1.29 is 18.9 Å². The highest BCUT2D eigenvalue weighted by molar-refractivity contribution is 6.61. The van der Waals surface area contributed by atoms with Gasteiger partial charge in [0.15, 0.2) is 0 Å². The fourth-order valence-electron chi connectivity index (χ4n) is 3.71. The van der Waals surface area contributed by atoms with Crippen LogP contribution in [-0.4, -0.2) is 34.3 Å². The Labute approximate surface area is 190 Å². The molecule has 164 valence electrons. The zero-order valence-corrected chi connectivity index (χ0v) is 17.6. The Kier molecular flexibility index (Phi) is 5.88. The average molecular weight is 440 g/mol. The number of anilines is 2. The Bertz CT molecular complexity index is 1250. The highest BCUT2D eigenvalue weighted by Gasteiger charge is 2.28. The standard InChI is InChI=1S/C24H21BN4O4/c30-22(26-19-12-11-18-15-32-25(31)20(18)14-19)21(13-16-7-3-1-4-8-16)27-24-29-28-23(33-24)17-9-5-2-6-10-17/h1-12,14,21,31H,13,15H2,(H,26,30)(H,27,29)/t21-/m0/s1. The van der Waals surface area contributed by atoms with E-state index < -0.39 is 13.2 Å². The van der Waals surface area contributed by atoms with Crippen molar-refractivity contribution in [3.05, 3.63) is 90.0 Å². The van der Waals surface area contributed by atoms with E-state index in [1.54, 1.807) is 12.1 Å². The molecule has 0 radical (unpaired) electrons. The van der Waals surface area contributed by atoms with E-state index in [4.69, 9.17) is 9.07 Å². The lowest BCUT2D eigenvalue weighted by Crippen LogP contribution is -2.37. The third-order valence-electron chi connectivity index (χ3n) is 5.42. The van der Waals surface area contributed by atoms with Gasteiger partial charge in [0.2, 0.25) is 11.8 Å². The second kappa shape index (κ2) is 9.27. The molecule has 1 atom stereocenters. The van der Waals surface area contributed by atoms with E-state index in [1.165, 1.54) is 0 Å². The summed E-state index contributed by atoms with van der Waals surface area (Å²) in [6.07, 6.45) is 0.409. The van der Waals surface area contributed by atoms with Crippen LogP contribution in [0.4, 0.5) is 11.7 Å². The first-order chi connectivity index (χ1) is 16.2. The topological polar surface area (TPSA) is 110 Å². The summed E-state index contributed by atoms with van der Waals surface area (Å²) >= 11 is 0. The molecule has 3 aromatic carbocycles. The van der Waals surface area contributed by atoms with Crippen LogP contribution in [0.15, 0.2) is 83.3 Å². The van der Waals surface area contributed by atoms with Gasteiger partial charge >= 0.3 is 13.1 Å². The van der Waals surface area contributed by atoms with Gasteiger partial charge in [-0.25, -0.2) is 0 Å². The first-order valence-corrected chi connectivity index (χ1v) is 10.6. The van der Waals surface area contributed by atoms with E-state index in [1.807, 2.05) is 66.7 Å². The molecule has 3 N–H and O–H groups in total. The Morgan fingerprint density at radius 2 is 1.79 bits per heavy atom. The number of amides is 1. The smallest absolute Gasteiger partial charge is 0.423 e. The molecule has 1 aliphatic heterocycles. The van der Waals surface area contributed by atoms with Gasteiger partial charge in [0, 0.05) is 17.7 Å². The highest BCUT2D eigenvalue weighted by atomic mass is 16.5. The lowest BCUT2D eigenvalue weighted by Gasteiger charge is -2.18. The van der Waals surface area contributed by atoms with Crippen molar-refractivity contribution in [3.63, 3.8) is 0 Å². The number of aromatic nitrogens is 2. The number of fused-ring (bicyclic) bond motifs is 1. The van der Waals surface area contributed by atoms with Gasteiger partial charge in [-0.15, -0.1) is 5.10 Å². The summed E-state index contributed by atoms with van der Waals surface area (Å²) in [5.74, 6) is 0.0937. The maximum Gasteiger partial charge on any atom is 0.491 e. The molecule has 1 aliphatic rings. The SMILES string of the molecule is O=C(Nc1ccc2c(c1)B(O)OC2)[C@H](Cc1ccccc1)Nc1nnc(-c2ccccc2)o1. The Balaban J connectivity index is 1.36. The summed E-state index contributed by atoms with van der Waals surface area (Å²) in [6.45, 7) is 0.351. The molecule has 0 spiro atoms. The number of hydrogen-bond donors (Lipinski definition) is 3. The molecule has 8 nitrogen and oxygen atoms in total. The molecule has 1 amide bonds. The molecule has 0 bridgehead atoms. The molecule has 0 saturated heterocycles. The minimum Gasteiger partial charge on any atom is -0.423 e. The van der Waals surface area contributed by atoms with Gasteiger partial charge < -0.3 is 24.7 Å². The van der Waals surface area contributed by atoms with Crippen molar-refractivity contribution in [1.82, 2.24) is 10.2 Å². The van der Waals surface area contributed by atoms with Crippen LogP contribution in [0.1, 0.15) is 11.1 Å². The van der Waals surface area contributed by atoms with Crippen LogP contribution in [0.5, 0.6) is 0 Å². The quantitative estimate of drug-likeness (QED) is 0.379. The number of carbonyl (C=O) groups is 1.